The van der Waals surface area contributed by atoms with Crippen molar-refractivity contribution in [1.82, 2.24) is 20.3 Å². The molecule has 3 rings (SSSR count). The van der Waals surface area contributed by atoms with Crippen molar-refractivity contribution in [2.75, 3.05) is 6.54 Å². The summed E-state index contributed by atoms with van der Waals surface area (Å²) in [6.07, 6.45) is 5.42. The molecule has 3 heterocycles. The van der Waals surface area contributed by atoms with E-state index in [4.69, 9.17) is 4.98 Å². The second-order valence-corrected chi connectivity index (χ2v) is 4.62. The Morgan fingerprint density at radius 2 is 2.28 bits per heavy atom. The molecule has 0 unspecified atom stereocenters. The van der Waals surface area contributed by atoms with E-state index in [0.29, 0.717) is 0 Å². The lowest BCUT2D eigenvalue weighted by molar-refractivity contribution is 0.615. The van der Waals surface area contributed by atoms with Crippen LogP contribution in [0.5, 0.6) is 0 Å². The van der Waals surface area contributed by atoms with Crippen LogP contribution in [0.1, 0.15) is 28.3 Å². The highest BCUT2D eigenvalue weighted by Gasteiger charge is 2.15. The largest absolute Gasteiger partial charge is 0.312 e. The lowest BCUT2D eigenvalue weighted by Crippen LogP contribution is -2.26. The van der Waals surface area contributed by atoms with Crippen LogP contribution < -0.4 is 5.32 Å². The molecule has 1 aliphatic rings. The van der Waals surface area contributed by atoms with E-state index in [-0.39, 0.29) is 0 Å². The van der Waals surface area contributed by atoms with Gasteiger partial charge in [0, 0.05) is 49.6 Å². The number of fused-ring (bicyclic) bond motifs is 1. The van der Waals surface area contributed by atoms with Gasteiger partial charge in [0.15, 0.2) is 0 Å². The predicted octanol–water partition coefficient (Wildman–Crippen LogP) is 1.42. The van der Waals surface area contributed by atoms with E-state index in [9.17, 15) is 0 Å². The molecular formula is C14H16N4. The lowest BCUT2D eigenvalue weighted by atomic mass is 10.1. The molecule has 4 nitrogen and oxygen atoms in total. The quantitative estimate of drug-likeness (QED) is 0.862. The van der Waals surface area contributed by atoms with Crippen LogP contribution >= 0.6 is 0 Å². The van der Waals surface area contributed by atoms with Gasteiger partial charge in [0.1, 0.15) is 5.82 Å². The van der Waals surface area contributed by atoms with Crippen molar-refractivity contribution in [1.29, 1.82) is 0 Å². The zero-order valence-electron chi connectivity index (χ0n) is 10.5. The van der Waals surface area contributed by atoms with E-state index in [1.54, 1.807) is 6.20 Å². The van der Waals surface area contributed by atoms with Gasteiger partial charge in [0.25, 0.3) is 0 Å². The van der Waals surface area contributed by atoms with Crippen LogP contribution in [-0.2, 0) is 19.4 Å². The zero-order valence-corrected chi connectivity index (χ0v) is 10.5. The molecular weight excluding hydrogens is 224 g/mol. The van der Waals surface area contributed by atoms with E-state index < -0.39 is 0 Å². The van der Waals surface area contributed by atoms with Crippen LogP contribution in [0.15, 0.2) is 24.5 Å². The normalized spacial score (nSPS) is 14.3. The highest BCUT2D eigenvalue weighted by atomic mass is 14.9. The van der Waals surface area contributed by atoms with Crippen molar-refractivity contribution in [2.45, 2.75) is 26.3 Å². The van der Waals surface area contributed by atoms with E-state index in [2.05, 4.69) is 28.3 Å². The molecule has 2 aromatic heterocycles. The Kier molecular flexibility index (Phi) is 3.02. The Labute approximate surface area is 107 Å². The maximum atomic E-state index is 4.69. The Hall–Kier alpha value is -1.81. The van der Waals surface area contributed by atoms with Gasteiger partial charge >= 0.3 is 0 Å². The van der Waals surface area contributed by atoms with Crippen LogP contribution in [0.3, 0.4) is 0 Å². The first kappa shape index (κ1) is 11.3. The van der Waals surface area contributed by atoms with Crippen molar-refractivity contribution < 1.29 is 0 Å². The number of nitrogens with zero attached hydrogens (tertiary/aromatic N) is 3. The molecule has 0 bridgehead atoms. The third-order valence-corrected chi connectivity index (χ3v) is 3.27. The third kappa shape index (κ3) is 2.24. The summed E-state index contributed by atoms with van der Waals surface area (Å²) < 4.78 is 0. The maximum absolute atomic E-state index is 4.69. The summed E-state index contributed by atoms with van der Waals surface area (Å²) in [5.41, 5.74) is 4.74. The first-order valence-corrected chi connectivity index (χ1v) is 6.28. The number of hydrogen-bond acceptors (Lipinski definition) is 4. The summed E-state index contributed by atoms with van der Waals surface area (Å²) in [6.45, 7) is 3.98. The fraction of sp³-hybridized carbons (Fsp3) is 0.357. The highest BCUT2D eigenvalue weighted by Crippen LogP contribution is 2.16. The summed E-state index contributed by atoms with van der Waals surface area (Å²) in [7, 11) is 0. The lowest BCUT2D eigenvalue weighted by Gasteiger charge is -2.18. The van der Waals surface area contributed by atoms with Gasteiger partial charge in [-0.05, 0) is 18.6 Å². The van der Waals surface area contributed by atoms with Crippen LogP contribution in [-0.4, -0.2) is 21.5 Å². The average molecular weight is 240 g/mol. The predicted molar refractivity (Wildman–Crippen MR) is 69.2 cm³/mol. The molecule has 0 aromatic carbocycles. The summed E-state index contributed by atoms with van der Waals surface area (Å²) in [5, 5.41) is 3.36. The number of aromatic nitrogens is 3. The van der Waals surface area contributed by atoms with E-state index in [1.807, 2.05) is 12.3 Å². The number of pyridine rings is 1. The molecule has 0 spiro atoms. The standard InChI is InChI=1S/C14H16N4/c1-10-12-9-16-6-4-13(12)18-14(17-10)7-11-3-2-5-15-8-11/h2-3,5,8,16H,4,6-7,9H2,1H3. The van der Waals surface area contributed by atoms with Gasteiger partial charge < -0.3 is 5.32 Å². The number of aryl methyl sites for hydroxylation is 1. The first-order valence-electron chi connectivity index (χ1n) is 6.28. The zero-order chi connectivity index (χ0) is 12.4. The van der Waals surface area contributed by atoms with Gasteiger partial charge in [-0.15, -0.1) is 0 Å². The molecule has 0 saturated heterocycles. The molecule has 2 aromatic rings. The second kappa shape index (κ2) is 4.82. The average Bonchev–Trinajstić information content (AvgIpc) is 2.40. The van der Waals surface area contributed by atoms with Gasteiger partial charge in [-0.3, -0.25) is 4.98 Å². The summed E-state index contributed by atoms with van der Waals surface area (Å²) in [5.74, 6) is 0.904. The molecule has 0 saturated carbocycles. The molecule has 0 atom stereocenters. The fourth-order valence-corrected chi connectivity index (χ4v) is 2.34. The fourth-order valence-electron chi connectivity index (χ4n) is 2.34. The highest BCUT2D eigenvalue weighted by molar-refractivity contribution is 5.28. The van der Waals surface area contributed by atoms with Crippen molar-refractivity contribution in [3.05, 3.63) is 52.9 Å². The Morgan fingerprint density at radius 3 is 3.11 bits per heavy atom. The van der Waals surface area contributed by atoms with Crippen molar-refractivity contribution in [3.63, 3.8) is 0 Å². The first-order chi connectivity index (χ1) is 8.83. The molecule has 0 fully saturated rings. The maximum Gasteiger partial charge on any atom is 0.133 e. The van der Waals surface area contributed by atoms with Gasteiger partial charge in [-0.2, -0.15) is 0 Å². The van der Waals surface area contributed by atoms with Crippen LogP contribution in [0.4, 0.5) is 0 Å². The Bertz CT molecular complexity index is 551. The number of nitrogens with one attached hydrogen (secondary N) is 1. The SMILES string of the molecule is Cc1nc(Cc2cccnc2)nc2c1CNCC2. The smallest absolute Gasteiger partial charge is 0.133 e. The van der Waals surface area contributed by atoms with Crippen molar-refractivity contribution in [3.8, 4) is 0 Å². The van der Waals surface area contributed by atoms with E-state index >= 15 is 0 Å². The molecule has 0 amide bonds. The summed E-state index contributed by atoms with van der Waals surface area (Å²) in [6, 6.07) is 4.01. The topological polar surface area (TPSA) is 50.7 Å². The van der Waals surface area contributed by atoms with Crippen LogP contribution in [0, 0.1) is 6.92 Å². The minimum Gasteiger partial charge on any atom is -0.312 e. The molecule has 1 N–H and O–H groups in total. The third-order valence-electron chi connectivity index (χ3n) is 3.27. The number of rotatable bonds is 2. The van der Waals surface area contributed by atoms with Crippen molar-refractivity contribution in [2.24, 2.45) is 0 Å². The van der Waals surface area contributed by atoms with Gasteiger partial charge in [-0.1, -0.05) is 6.07 Å². The Balaban J connectivity index is 1.91. The number of hydrogen-bond donors (Lipinski definition) is 1. The summed E-state index contributed by atoms with van der Waals surface area (Å²) >= 11 is 0. The minimum atomic E-state index is 0.759. The minimum absolute atomic E-state index is 0.759. The summed E-state index contributed by atoms with van der Waals surface area (Å²) in [4.78, 5) is 13.4. The van der Waals surface area contributed by atoms with E-state index in [1.165, 1.54) is 11.3 Å². The van der Waals surface area contributed by atoms with Gasteiger partial charge in [0.2, 0.25) is 0 Å². The van der Waals surface area contributed by atoms with Crippen LogP contribution in [0.2, 0.25) is 0 Å². The molecule has 92 valence electrons. The molecule has 4 heteroatoms. The molecule has 1 aliphatic heterocycles. The van der Waals surface area contributed by atoms with Crippen molar-refractivity contribution >= 4 is 0 Å². The van der Waals surface area contributed by atoms with Gasteiger partial charge in [0.05, 0.1) is 5.69 Å². The van der Waals surface area contributed by atoms with Gasteiger partial charge in [-0.25, -0.2) is 9.97 Å². The monoisotopic (exact) mass is 240 g/mol. The molecule has 18 heavy (non-hydrogen) atoms. The molecule has 0 aliphatic carbocycles. The van der Waals surface area contributed by atoms with E-state index in [0.717, 1.165) is 43.0 Å². The molecule has 0 radical (unpaired) electrons. The second-order valence-electron chi connectivity index (χ2n) is 4.62. The Morgan fingerprint density at radius 1 is 1.33 bits per heavy atom. The van der Waals surface area contributed by atoms with Crippen LogP contribution in [0.25, 0.3) is 0 Å².